The molecule has 5 nitrogen and oxygen atoms in total. The minimum atomic E-state index is -0.481. The molecule has 2 atom stereocenters. The Hall–Kier alpha value is -1.46. The lowest BCUT2D eigenvalue weighted by Crippen LogP contribution is -2.62. The first-order valence-electron chi connectivity index (χ1n) is 7.87. The second-order valence-corrected chi connectivity index (χ2v) is 6.30. The van der Waals surface area contributed by atoms with Crippen molar-refractivity contribution in [1.29, 1.82) is 0 Å². The number of primary amides is 1. The minimum Gasteiger partial charge on any atom is -0.368 e. The van der Waals surface area contributed by atoms with E-state index in [1.807, 2.05) is 12.4 Å². The molecule has 1 unspecified atom stereocenters. The molecule has 2 saturated heterocycles. The summed E-state index contributed by atoms with van der Waals surface area (Å²) >= 11 is 0. The fraction of sp³-hybridized carbons (Fsp3) is 0.625. The molecule has 1 amide bonds. The van der Waals surface area contributed by atoms with Crippen molar-refractivity contribution in [1.82, 2.24) is 15.2 Å². The van der Waals surface area contributed by atoms with Gasteiger partial charge in [-0.15, -0.1) is 0 Å². The molecular formula is C16H24N4O. The molecule has 2 aliphatic rings. The maximum atomic E-state index is 12.1. The van der Waals surface area contributed by atoms with E-state index >= 15 is 0 Å². The highest BCUT2D eigenvalue weighted by Gasteiger charge is 2.47. The lowest BCUT2D eigenvalue weighted by Gasteiger charge is -2.40. The van der Waals surface area contributed by atoms with Crippen LogP contribution < -0.4 is 11.1 Å². The van der Waals surface area contributed by atoms with Crippen molar-refractivity contribution in [2.75, 3.05) is 19.6 Å². The molecule has 2 aliphatic heterocycles. The SMILES string of the molecule is NC(=O)C1([C@H]2CCN(Cc3ccncc3)C2)CCCCN1. The first kappa shape index (κ1) is 14.5. The van der Waals surface area contributed by atoms with Crippen molar-refractivity contribution < 1.29 is 4.79 Å². The molecule has 0 bridgehead atoms. The van der Waals surface area contributed by atoms with E-state index in [0.29, 0.717) is 5.92 Å². The highest BCUT2D eigenvalue weighted by Crippen LogP contribution is 2.34. The van der Waals surface area contributed by atoms with Crippen LogP contribution in [0.1, 0.15) is 31.2 Å². The topological polar surface area (TPSA) is 71.2 Å². The van der Waals surface area contributed by atoms with Crippen LogP contribution in [0.5, 0.6) is 0 Å². The molecule has 3 N–H and O–H groups in total. The number of nitrogens with two attached hydrogens (primary N) is 1. The van der Waals surface area contributed by atoms with Gasteiger partial charge < -0.3 is 11.1 Å². The van der Waals surface area contributed by atoms with Crippen LogP contribution in [0.15, 0.2) is 24.5 Å². The van der Waals surface area contributed by atoms with Gasteiger partial charge in [0.05, 0.1) is 0 Å². The van der Waals surface area contributed by atoms with Crippen LogP contribution in [0.3, 0.4) is 0 Å². The van der Waals surface area contributed by atoms with Crippen LogP contribution in [-0.4, -0.2) is 41.0 Å². The second-order valence-electron chi connectivity index (χ2n) is 6.30. The summed E-state index contributed by atoms with van der Waals surface area (Å²) in [6, 6.07) is 4.10. The van der Waals surface area contributed by atoms with E-state index in [2.05, 4.69) is 27.3 Å². The number of carbonyl (C=O) groups is 1. The number of amides is 1. The predicted octanol–water partition coefficient (Wildman–Crippen LogP) is 0.901. The van der Waals surface area contributed by atoms with E-state index in [1.54, 1.807) is 0 Å². The smallest absolute Gasteiger partial charge is 0.238 e. The molecular weight excluding hydrogens is 264 g/mol. The Balaban J connectivity index is 1.66. The monoisotopic (exact) mass is 288 g/mol. The predicted molar refractivity (Wildman–Crippen MR) is 81.4 cm³/mol. The summed E-state index contributed by atoms with van der Waals surface area (Å²) in [5.74, 6) is 0.162. The van der Waals surface area contributed by atoms with Crippen molar-refractivity contribution in [3.05, 3.63) is 30.1 Å². The number of piperidine rings is 1. The van der Waals surface area contributed by atoms with Gasteiger partial charge in [0, 0.05) is 25.5 Å². The third-order valence-electron chi connectivity index (χ3n) is 5.00. The van der Waals surface area contributed by atoms with E-state index in [9.17, 15) is 4.79 Å². The molecule has 3 heterocycles. The van der Waals surface area contributed by atoms with Gasteiger partial charge in [0.2, 0.25) is 5.91 Å². The Labute approximate surface area is 125 Å². The molecule has 3 rings (SSSR count). The maximum Gasteiger partial charge on any atom is 0.238 e. The fourth-order valence-electron chi connectivity index (χ4n) is 3.81. The number of likely N-dealkylation sites (tertiary alicyclic amines) is 1. The average Bonchev–Trinajstić information content (AvgIpc) is 2.98. The molecule has 1 aromatic rings. The zero-order chi connectivity index (χ0) is 14.7. The van der Waals surface area contributed by atoms with Crippen molar-refractivity contribution in [2.45, 2.75) is 37.8 Å². The summed E-state index contributed by atoms with van der Waals surface area (Å²) in [7, 11) is 0. The van der Waals surface area contributed by atoms with E-state index in [-0.39, 0.29) is 5.91 Å². The molecule has 2 fully saturated rings. The lowest BCUT2D eigenvalue weighted by molar-refractivity contribution is -0.127. The maximum absolute atomic E-state index is 12.1. The van der Waals surface area contributed by atoms with E-state index in [1.165, 1.54) is 5.56 Å². The number of nitrogens with zero attached hydrogens (tertiary/aromatic N) is 2. The summed E-state index contributed by atoms with van der Waals surface area (Å²) in [5, 5.41) is 3.45. The van der Waals surface area contributed by atoms with Gasteiger partial charge >= 0.3 is 0 Å². The van der Waals surface area contributed by atoms with Crippen molar-refractivity contribution in [3.63, 3.8) is 0 Å². The molecule has 0 spiro atoms. The molecule has 0 aliphatic carbocycles. The summed E-state index contributed by atoms with van der Waals surface area (Å²) in [4.78, 5) is 18.5. The van der Waals surface area contributed by atoms with Gasteiger partial charge in [0.1, 0.15) is 5.54 Å². The zero-order valence-corrected chi connectivity index (χ0v) is 12.4. The standard InChI is InChI=1S/C16H24N4O/c17-15(21)16(6-1-2-7-19-16)14-5-10-20(12-14)11-13-3-8-18-9-4-13/h3-4,8-9,14,19H,1-2,5-7,10-12H2,(H2,17,21)/t14-,16?/m0/s1. The van der Waals surface area contributed by atoms with Crippen LogP contribution in [0.4, 0.5) is 0 Å². The highest BCUT2D eigenvalue weighted by atomic mass is 16.1. The Bertz CT molecular complexity index is 484. The van der Waals surface area contributed by atoms with Gasteiger partial charge in [0.15, 0.2) is 0 Å². The number of carbonyl (C=O) groups excluding carboxylic acids is 1. The number of hydrogen-bond acceptors (Lipinski definition) is 4. The van der Waals surface area contributed by atoms with Crippen LogP contribution in [-0.2, 0) is 11.3 Å². The average molecular weight is 288 g/mol. The molecule has 114 valence electrons. The Morgan fingerprint density at radius 3 is 2.90 bits per heavy atom. The summed E-state index contributed by atoms with van der Waals surface area (Å²) < 4.78 is 0. The van der Waals surface area contributed by atoms with Crippen molar-refractivity contribution >= 4 is 5.91 Å². The number of nitrogens with one attached hydrogen (secondary N) is 1. The molecule has 1 aromatic heterocycles. The Morgan fingerprint density at radius 2 is 2.24 bits per heavy atom. The van der Waals surface area contributed by atoms with Crippen LogP contribution >= 0.6 is 0 Å². The van der Waals surface area contributed by atoms with Crippen LogP contribution in [0, 0.1) is 5.92 Å². The molecule has 0 radical (unpaired) electrons. The third-order valence-corrected chi connectivity index (χ3v) is 5.00. The number of aromatic nitrogens is 1. The first-order chi connectivity index (χ1) is 10.2. The van der Waals surface area contributed by atoms with Gasteiger partial charge in [-0.3, -0.25) is 14.7 Å². The Morgan fingerprint density at radius 1 is 1.43 bits per heavy atom. The first-order valence-corrected chi connectivity index (χ1v) is 7.87. The Kier molecular flexibility index (Phi) is 4.22. The minimum absolute atomic E-state index is 0.169. The quantitative estimate of drug-likeness (QED) is 0.863. The van der Waals surface area contributed by atoms with E-state index < -0.39 is 5.54 Å². The molecule has 21 heavy (non-hydrogen) atoms. The second kappa shape index (κ2) is 6.12. The van der Waals surface area contributed by atoms with E-state index in [0.717, 1.165) is 51.9 Å². The van der Waals surface area contributed by atoms with Crippen molar-refractivity contribution in [2.24, 2.45) is 11.7 Å². The van der Waals surface area contributed by atoms with Crippen LogP contribution in [0.2, 0.25) is 0 Å². The summed E-state index contributed by atoms with van der Waals surface area (Å²) in [6.07, 6.45) is 7.82. The van der Waals surface area contributed by atoms with Gasteiger partial charge in [-0.25, -0.2) is 0 Å². The van der Waals surface area contributed by atoms with Crippen molar-refractivity contribution in [3.8, 4) is 0 Å². The fourth-order valence-corrected chi connectivity index (χ4v) is 3.81. The molecule has 5 heteroatoms. The zero-order valence-electron chi connectivity index (χ0n) is 12.4. The largest absolute Gasteiger partial charge is 0.368 e. The number of hydrogen-bond donors (Lipinski definition) is 2. The van der Waals surface area contributed by atoms with Gasteiger partial charge in [-0.2, -0.15) is 0 Å². The van der Waals surface area contributed by atoms with E-state index in [4.69, 9.17) is 5.73 Å². The van der Waals surface area contributed by atoms with Gasteiger partial charge in [-0.1, -0.05) is 0 Å². The lowest BCUT2D eigenvalue weighted by atomic mass is 9.76. The highest BCUT2D eigenvalue weighted by molar-refractivity contribution is 5.85. The molecule has 0 saturated carbocycles. The summed E-state index contributed by atoms with van der Waals surface area (Å²) in [5.41, 5.74) is 6.54. The molecule has 0 aromatic carbocycles. The normalized spacial score (nSPS) is 30.4. The third kappa shape index (κ3) is 2.94. The van der Waals surface area contributed by atoms with Crippen LogP contribution in [0.25, 0.3) is 0 Å². The number of pyridine rings is 1. The van der Waals surface area contributed by atoms with Gasteiger partial charge in [-0.05, 0) is 62.4 Å². The summed E-state index contributed by atoms with van der Waals surface area (Å²) in [6.45, 7) is 3.81. The number of rotatable bonds is 4. The van der Waals surface area contributed by atoms with Gasteiger partial charge in [0.25, 0.3) is 0 Å².